The molecule has 186 valence electrons. The van der Waals surface area contributed by atoms with Crippen LogP contribution in [0.3, 0.4) is 0 Å². The number of hydrogen-bond donors (Lipinski definition) is 1. The standard InChI is InChI=1S/C30H38N2O3/c1-20(2)17-27-26(19-35-29(33)32-30(5,6)7)28(23-15-13-21(3)14-16-23)25(22(4)31-27)18-34-24-11-9-8-10-12-24/h8-16,20H,17-19H2,1-7H3,(H,32,33). The number of pyridine rings is 1. The molecule has 0 saturated carbocycles. The van der Waals surface area contributed by atoms with E-state index in [1.165, 1.54) is 5.56 Å². The highest BCUT2D eigenvalue weighted by Crippen LogP contribution is 2.34. The third kappa shape index (κ3) is 7.57. The molecular formula is C30H38N2O3. The molecule has 35 heavy (non-hydrogen) atoms. The van der Waals surface area contributed by atoms with Crippen molar-refractivity contribution in [3.8, 4) is 16.9 Å². The van der Waals surface area contributed by atoms with Crippen molar-refractivity contribution in [3.05, 3.63) is 82.7 Å². The van der Waals surface area contributed by atoms with Crippen molar-refractivity contribution in [1.82, 2.24) is 10.3 Å². The first-order valence-corrected chi connectivity index (χ1v) is 12.2. The van der Waals surface area contributed by atoms with Crippen molar-refractivity contribution >= 4 is 6.09 Å². The molecule has 0 radical (unpaired) electrons. The molecule has 0 aliphatic carbocycles. The summed E-state index contributed by atoms with van der Waals surface area (Å²) in [6.07, 6.45) is 0.351. The molecule has 0 unspecified atom stereocenters. The number of carbonyl (C=O) groups excluding carboxylic acids is 1. The molecule has 0 atom stereocenters. The lowest BCUT2D eigenvalue weighted by Gasteiger charge is -2.23. The number of nitrogens with zero attached hydrogens (tertiary/aromatic N) is 1. The van der Waals surface area contributed by atoms with Gasteiger partial charge in [-0.15, -0.1) is 0 Å². The van der Waals surface area contributed by atoms with E-state index in [-0.39, 0.29) is 12.1 Å². The number of alkyl carbamates (subject to hydrolysis) is 1. The zero-order valence-electron chi connectivity index (χ0n) is 22.1. The minimum atomic E-state index is -0.439. The number of aryl methyl sites for hydroxylation is 2. The molecule has 5 heteroatoms. The van der Waals surface area contributed by atoms with E-state index in [1.807, 2.05) is 58.0 Å². The van der Waals surface area contributed by atoms with E-state index in [2.05, 4.69) is 50.4 Å². The second-order valence-electron chi connectivity index (χ2n) is 10.5. The molecule has 1 amide bonds. The average Bonchev–Trinajstić information content (AvgIpc) is 2.77. The minimum Gasteiger partial charge on any atom is -0.489 e. The van der Waals surface area contributed by atoms with Crippen LogP contribution < -0.4 is 10.1 Å². The van der Waals surface area contributed by atoms with Crippen LogP contribution in [-0.2, 0) is 24.4 Å². The van der Waals surface area contributed by atoms with Crippen LogP contribution in [0.15, 0.2) is 54.6 Å². The van der Waals surface area contributed by atoms with Gasteiger partial charge >= 0.3 is 6.09 Å². The molecule has 1 heterocycles. The Morgan fingerprint density at radius 2 is 1.60 bits per heavy atom. The van der Waals surface area contributed by atoms with Crippen LogP contribution in [0.25, 0.3) is 11.1 Å². The smallest absolute Gasteiger partial charge is 0.407 e. The van der Waals surface area contributed by atoms with Gasteiger partial charge in [-0.1, -0.05) is 61.9 Å². The molecule has 0 saturated heterocycles. The van der Waals surface area contributed by atoms with Crippen LogP contribution >= 0.6 is 0 Å². The van der Waals surface area contributed by atoms with Gasteiger partial charge in [0.2, 0.25) is 0 Å². The van der Waals surface area contributed by atoms with E-state index in [1.54, 1.807) is 0 Å². The lowest BCUT2D eigenvalue weighted by molar-refractivity contribution is 0.131. The van der Waals surface area contributed by atoms with Gasteiger partial charge in [-0.25, -0.2) is 4.79 Å². The largest absolute Gasteiger partial charge is 0.489 e. The second kappa shape index (κ2) is 11.4. The Kier molecular flexibility index (Phi) is 8.55. The molecule has 0 bridgehead atoms. The topological polar surface area (TPSA) is 60.5 Å². The first-order valence-electron chi connectivity index (χ1n) is 12.2. The van der Waals surface area contributed by atoms with Crippen LogP contribution in [0.5, 0.6) is 5.75 Å². The zero-order valence-corrected chi connectivity index (χ0v) is 22.1. The molecule has 0 spiro atoms. The Labute approximate surface area is 209 Å². The lowest BCUT2D eigenvalue weighted by atomic mass is 9.90. The van der Waals surface area contributed by atoms with Gasteiger partial charge in [0.15, 0.2) is 0 Å². The van der Waals surface area contributed by atoms with Crippen molar-refractivity contribution in [2.24, 2.45) is 5.92 Å². The first kappa shape index (κ1) is 26.3. The minimum absolute atomic E-state index is 0.138. The summed E-state index contributed by atoms with van der Waals surface area (Å²) in [7, 11) is 0. The summed E-state index contributed by atoms with van der Waals surface area (Å²) in [6, 6.07) is 18.2. The number of para-hydroxylation sites is 1. The zero-order chi connectivity index (χ0) is 25.6. The summed E-state index contributed by atoms with van der Waals surface area (Å²) in [5.41, 5.74) is 6.73. The second-order valence-corrected chi connectivity index (χ2v) is 10.5. The van der Waals surface area contributed by atoms with Crippen molar-refractivity contribution in [2.45, 2.75) is 73.6 Å². The van der Waals surface area contributed by atoms with Crippen LogP contribution in [-0.4, -0.2) is 16.6 Å². The SMILES string of the molecule is Cc1ccc(-c2c(COc3ccccc3)c(C)nc(CC(C)C)c2COC(=O)NC(C)(C)C)cc1. The van der Waals surface area contributed by atoms with Gasteiger partial charge in [0.25, 0.3) is 0 Å². The molecular weight excluding hydrogens is 436 g/mol. The van der Waals surface area contributed by atoms with Gasteiger partial charge in [0, 0.05) is 28.1 Å². The van der Waals surface area contributed by atoms with Crippen LogP contribution in [0, 0.1) is 19.8 Å². The van der Waals surface area contributed by atoms with Gasteiger partial charge < -0.3 is 14.8 Å². The normalized spacial score (nSPS) is 11.4. The molecule has 1 N–H and O–H groups in total. The van der Waals surface area contributed by atoms with Gasteiger partial charge in [-0.2, -0.15) is 0 Å². The van der Waals surface area contributed by atoms with Gasteiger partial charge in [0.05, 0.1) is 0 Å². The van der Waals surface area contributed by atoms with E-state index in [4.69, 9.17) is 14.5 Å². The van der Waals surface area contributed by atoms with E-state index in [9.17, 15) is 4.79 Å². The van der Waals surface area contributed by atoms with Gasteiger partial charge in [0.1, 0.15) is 19.0 Å². The van der Waals surface area contributed by atoms with Crippen LogP contribution in [0.2, 0.25) is 0 Å². The van der Waals surface area contributed by atoms with Crippen molar-refractivity contribution in [3.63, 3.8) is 0 Å². The third-order valence-corrected chi connectivity index (χ3v) is 5.58. The number of ether oxygens (including phenoxy) is 2. The monoisotopic (exact) mass is 474 g/mol. The van der Waals surface area contributed by atoms with Gasteiger partial charge in [-0.3, -0.25) is 4.98 Å². The molecule has 3 aromatic rings. The maximum Gasteiger partial charge on any atom is 0.407 e. The summed E-state index contributed by atoms with van der Waals surface area (Å²) in [5.74, 6) is 1.21. The number of carbonyl (C=O) groups is 1. The maximum absolute atomic E-state index is 12.5. The Hall–Kier alpha value is -3.34. The number of amides is 1. The molecule has 3 rings (SSSR count). The first-order chi connectivity index (χ1) is 16.5. The fourth-order valence-electron chi connectivity index (χ4n) is 3.95. The van der Waals surface area contributed by atoms with Crippen LogP contribution in [0.1, 0.15) is 62.7 Å². The number of benzene rings is 2. The Morgan fingerprint density at radius 1 is 0.943 bits per heavy atom. The van der Waals surface area contributed by atoms with Crippen molar-refractivity contribution in [1.29, 1.82) is 0 Å². The molecule has 2 aromatic carbocycles. The summed E-state index contributed by atoms with van der Waals surface area (Å²) < 4.78 is 11.9. The summed E-state index contributed by atoms with van der Waals surface area (Å²) >= 11 is 0. The van der Waals surface area contributed by atoms with E-state index >= 15 is 0 Å². The van der Waals surface area contributed by atoms with E-state index in [0.29, 0.717) is 12.5 Å². The number of hydrogen-bond acceptors (Lipinski definition) is 4. The Morgan fingerprint density at radius 3 is 2.20 bits per heavy atom. The predicted octanol–water partition coefficient (Wildman–Crippen LogP) is 7.17. The van der Waals surface area contributed by atoms with Crippen molar-refractivity contribution in [2.75, 3.05) is 0 Å². The summed E-state index contributed by atoms with van der Waals surface area (Å²) in [4.78, 5) is 17.5. The number of nitrogens with one attached hydrogen (secondary N) is 1. The van der Waals surface area contributed by atoms with E-state index in [0.717, 1.165) is 45.8 Å². The summed E-state index contributed by atoms with van der Waals surface area (Å²) in [6.45, 7) is 14.8. The highest BCUT2D eigenvalue weighted by Gasteiger charge is 2.23. The fraction of sp³-hybridized carbons (Fsp3) is 0.400. The number of aromatic nitrogens is 1. The van der Waals surface area contributed by atoms with Crippen molar-refractivity contribution < 1.29 is 14.3 Å². The Balaban J connectivity index is 2.10. The van der Waals surface area contributed by atoms with Gasteiger partial charge in [-0.05, 0) is 70.2 Å². The number of rotatable bonds is 8. The predicted molar refractivity (Wildman–Crippen MR) is 142 cm³/mol. The molecule has 5 nitrogen and oxygen atoms in total. The maximum atomic E-state index is 12.5. The molecule has 0 aliphatic rings. The molecule has 0 fully saturated rings. The lowest BCUT2D eigenvalue weighted by Crippen LogP contribution is -2.40. The Bertz CT molecular complexity index is 1130. The van der Waals surface area contributed by atoms with Crippen LogP contribution in [0.4, 0.5) is 4.79 Å². The quantitative estimate of drug-likeness (QED) is 0.376. The molecule has 0 aliphatic heterocycles. The summed E-state index contributed by atoms with van der Waals surface area (Å²) in [5, 5.41) is 2.88. The molecule has 1 aromatic heterocycles. The third-order valence-electron chi connectivity index (χ3n) is 5.58. The fourth-order valence-corrected chi connectivity index (χ4v) is 3.95. The van der Waals surface area contributed by atoms with E-state index < -0.39 is 6.09 Å². The average molecular weight is 475 g/mol. The highest BCUT2D eigenvalue weighted by molar-refractivity contribution is 5.74. The highest BCUT2D eigenvalue weighted by atomic mass is 16.5.